The van der Waals surface area contributed by atoms with Crippen LogP contribution in [0.3, 0.4) is 0 Å². The Balaban J connectivity index is 1.70. The van der Waals surface area contributed by atoms with Crippen molar-refractivity contribution in [1.29, 1.82) is 0 Å². The van der Waals surface area contributed by atoms with Gasteiger partial charge in [-0.3, -0.25) is 14.2 Å². The minimum absolute atomic E-state index is 0.0679. The molecule has 1 aromatic heterocycles. The number of fused-ring (bicyclic) bond motifs is 2. The Labute approximate surface area is 169 Å². The molecule has 4 rings (SSSR count). The second kappa shape index (κ2) is 7.09. The van der Waals surface area contributed by atoms with Crippen LogP contribution in [0.4, 0.5) is 5.69 Å². The van der Waals surface area contributed by atoms with Gasteiger partial charge >= 0.3 is 0 Å². The zero-order valence-electron chi connectivity index (χ0n) is 14.7. The summed E-state index contributed by atoms with van der Waals surface area (Å²) >= 11 is 9.86. The molecule has 0 radical (unpaired) electrons. The summed E-state index contributed by atoms with van der Waals surface area (Å²) in [5.74, 6) is -0.170. The molecule has 0 bridgehead atoms. The third-order valence-corrected chi connectivity index (χ3v) is 5.61. The van der Waals surface area contributed by atoms with Gasteiger partial charge in [-0.25, -0.2) is 4.98 Å². The lowest BCUT2D eigenvalue weighted by atomic mass is 10.0. The van der Waals surface area contributed by atoms with Crippen molar-refractivity contribution in [2.24, 2.45) is 0 Å². The molecule has 7 heteroatoms. The van der Waals surface area contributed by atoms with E-state index in [1.54, 1.807) is 17.0 Å². The van der Waals surface area contributed by atoms with E-state index in [1.165, 1.54) is 10.9 Å². The maximum absolute atomic E-state index is 13.0. The minimum atomic E-state index is -0.212. The molecule has 0 atom stereocenters. The molecule has 138 valence electrons. The minimum Gasteiger partial charge on any atom is -0.309 e. The van der Waals surface area contributed by atoms with Crippen molar-refractivity contribution in [3.05, 3.63) is 67.6 Å². The zero-order chi connectivity index (χ0) is 19.1. The van der Waals surface area contributed by atoms with Crippen LogP contribution in [-0.2, 0) is 17.8 Å². The van der Waals surface area contributed by atoms with E-state index in [-0.39, 0.29) is 18.0 Å². The molecule has 0 spiro atoms. The molecule has 27 heavy (non-hydrogen) atoms. The number of carbonyl (C=O) groups is 1. The number of anilines is 1. The first-order valence-corrected chi connectivity index (χ1v) is 9.86. The molecule has 0 fully saturated rings. The number of carbonyl (C=O) groups excluding carboxylic acids is 1. The Morgan fingerprint density at radius 2 is 2.15 bits per heavy atom. The summed E-state index contributed by atoms with van der Waals surface area (Å²) in [6.45, 7) is 2.43. The predicted octanol–water partition coefficient (Wildman–Crippen LogP) is 4.10. The van der Waals surface area contributed by atoms with Crippen molar-refractivity contribution >= 4 is 50.0 Å². The Bertz CT molecular complexity index is 1130. The van der Waals surface area contributed by atoms with Crippen LogP contribution >= 0.6 is 27.5 Å². The van der Waals surface area contributed by atoms with E-state index < -0.39 is 0 Å². The number of para-hydroxylation sites is 1. The predicted molar refractivity (Wildman–Crippen MR) is 111 cm³/mol. The summed E-state index contributed by atoms with van der Waals surface area (Å²) in [4.78, 5) is 31.8. The number of aryl methyl sites for hydroxylation is 2. The van der Waals surface area contributed by atoms with E-state index in [4.69, 9.17) is 11.6 Å². The molecule has 2 aromatic carbocycles. The van der Waals surface area contributed by atoms with Gasteiger partial charge in [0.25, 0.3) is 5.56 Å². The monoisotopic (exact) mass is 445 g/mol. The normalized spacial score (nSPS) is 13.7. The van der Waals surface area contributed by atoms with Gasteiger partial charge in [0.05, 0.1) is 27.9 Å². The van der Waals surface area contributed by atoms with Crippen molar-refractivity contribution in [3.8, 4) is 0 Å². The number of amides is 1. The molecule has 5 nitrogen and oxygen atoms in total. The van der Waals surface area contributed by atoms with Gasteiger partial charge in [-0.05, 0) is 49.1 Å². The van der Waals surface area contributed by atoms with E-state index >= 15 is 0 Å². The SMILES string of the molecule is Cc1cccc2c(=O)n(CC(=O)N3CCCc4cc(Br)cc(Cl)c43)cnc12. The second-order valence-corrected chi connectivity index (χ2v) is 8.02. The highest BCUT2D eigenvalue weighted by Crippen LogP contribution is 2.37. The van der Waals surface area contributed by atoms with Crippen LogP contribution < -0.4 is 10.5 Å². The van der Waals surface area contributed by atoms with Crippen molar-refractivity contribution in [1.82, 2.24) is 9.55 Å². The number of rotatable bonds is 2. The van der Waals surface area contributed by atoms with Crippen molar-refractivity contribution in [3.63, 3.8) is 0 Å². The number of hydrogen-bond donors (Lipinski definition) is 0. The largest absolute Gasteiger partial charge is 0.309 e. The Kier molecular flexibility index (Phi) is 4.78. The van der Waals surface area contributed by atoms with E-state index in [1.807, 2.05) is 25.1 Å². The molecule has 2 heterocycles. The second-order valence-electron chi connectivity index (χ2n) is 6.69. The molecule has 1 aliphatic heterocycles. The molecule has 1 aliphatic rings. The topological polar surface area (TPSA) is 55.2 Å². The maximum Gasteiger partial charge on any atom is 0.261 e. The van der Waals surface area contributed by atoms with Crippen LogP contribution in [0, 0.1) is 6.92 Å². The van der Waals surface area contributed by atoms with Gasteiger partial charge in [-0.15, -0.1) is 0 Å². The fraction of sp³-hybridized carbons (Fsp3) is 0.250. The van der Waals surface area contributed by atoms with Gasteiger partial charge in [0.15, 0.2) is 0 Å². The van der Waals surface area contributed by atoms with Crippen LogP contribution in [0.25, 0.3) is 10.9 Å². The van der Waals surface area contributed by atoms with Crippen LogP contribution in [0.15, 0.2) is 45.9 Å². The molecular formula is C20H17BrClN3O2. The fourth-order valence-corrected chi connectivity index (χ4v) is 4.56. The van der Waals surface area contributed by atoms with Crippen LogP contribution in [-0.4, -0.2) is 22.0 Å². The van der Waals surface area contributed by atoms with Gasteiger partial charge < -0.3 is 4.90 Å². The molecule has 0 saturated carbocycles. The summed E-state index contributed by atoms with van der Waals surface area (Å²) in [7, 11) is 0. The average molecular weight is 447 g/mol. The first-order chi connectivity index (χ1) is 13.0. The summed E-state index contributed by atoms with van der Waals surface area (Å²) < 4.78 is 2.26. The van der Waals surface area contributed by atoms with Gasteiger partial charge in [0, 0.05) is 11.0 Å². The van der Waals surface area contributed by atoms with E-state index in [0.717, 1.165) is 34.1 Å². The summed E-state index contributed by atoms with van der Waals surface area (Å²) in [5.41, 5.74) is 3.17. The molecule has 0 unspecified atom stereocenters. The first-order valence-electron chi connectivity index (χ1n) is 8.69. The molecule has 0 saturated heterocycles. The van der Waals surface area contributed by atoms with Gasteiger partial charge in [0.1, 0.15) is 6.54 Å². The number of halogens is 2. The average Bonchev–Trinajstić information content (AvgIpc) is 2.63. The lowest BCUT2D eigenvalue weighted by Crippen LogP contribution is -2.40. The lowest BCUT2D eigenvalue weighted by Gasteiger charge is -2.30. The third kappa shape index (κ3) is 3.28. The fourth-order valence-electron chi connectivity index (χ4n) is 3.58. The first kappa shape index (κ1) is 18.2. The highest BCUT2D eigenvalue weighted by molar-refractivity contribution is 9.10. The van der Waals surface area contributed by atoms with Crippen molar-refractivity contribution in [2.75, 3.05) is 11.4 Å². The summed E-state index contributed by atoms with van der Waals surface area (Å²) in [6, 6.07) is 9.26. The Morgan fingerprint density at radius 3 is 2.96 bits per heavy atom. The van der Waals surface area contributed by atoms with Gasteiger partial charge in [0.2, 0.25) is 5.91 Å². The van der Waals surface area contributed by atoms with E-state index in [0.29, 0.717) is 22.5 Å². The van der Waals surface area contributed by atoms with E-state index in [2.05, 4.69) is 20.9 Å². The number of aromatic nitrogens is 2. The zero-order valence-corrected chi connectivity index (χ0v) is 17.0. The van der Waals surface area contributed by atoms with Gasteiger partial charge in [-0.2, -0.15) is 0 Å². The number of nitrogens with zero attached hydrogens (tertiary/aromatic N) is 3. The molecule has 0 N–H and O–H groups in total. The highest BCUT2D eigenvalue weighted by atomic mass is 79.9. The van der Waals surface area contributed by atoms with Crippen LogP contribution in [0.2, 0.25) is 5.02 Å². The van der Waals surface area contributed by atoms with E-state index in [9.17, 15) is 9.59 Å². The maximum atomic E-state index is 13.0. The summed E-state index contributed by atoms with van der Waals surface area (Å²) in [5, 5.41) is 1.05. The van der Waals surface area contributed by atoms with Crippen LogP contribution in [0.5, 0.6) is 0 Å². The molecule has 0 aliphatic carbocycles. The Hall–Kier alpha value is -2.18. The highest BCUT2D eigenvalue weighted by Gasteiger charge is 2.26. The third-order valence-electron chi connectivity index (χ3n) is 4.87. The van der Waals surface area contributed by atoms with Crippen molar-refractivity contribution < 1.29 is 4.79 Å². The standard InChI is InChI=1S/C20H17BrClN3O2/c1-12-4-2-6-15-18(12)23-11-24(20(15)27)10-17(26)25-7-3-5-13-8-14(21)9-16(22)19(13)25/h2,4,6,8-9,11H,3,5,7,10H2,1H3. The van der Waals surface area contributed by atoms with Gasteiger partial charge in [-0.1, -0.05) is 39.7 Å². The van der Waals surface area contributed by atoms with Crippen molar-refractivity contribution in [2.45, 2.75) is 26.3 Å². The quantitative estimate of drug-likeness (QED) is 0.595. The lowest BCUT2D eigenvalue weighted by molar-refractivity contribution is -0.119. The number of benzene rings is 2. The smallest absolute Gasteiger partial charge is 0.261 e. The molecular weight excluding hydrogens is 430 g/mol. The molecule has 1 amide bonds. The number of hydrogen-bond acceptors (Lipinski definition) is 3. The summed E-state index contributed by atoms with van der Waals surface area (Å²) in [6.07, 6.45) is 3.17. The molecule has 3 aromatic rings. The Morgan fingerprint density at radius 1 is 1.33 bits per heavy atom. The van der Waals surface area contributed by atoms with Crippen LogP contribution in [0.1, 0.15) is 17.5 Å².